The zero-order valence-corrected chi connectivity index (χ0v) is 14.3. The molecule has 23 heavy (non-hydrogen) atoms. The molecule has 126 valence electrons. The molecule has 1 fully saturated rings. The number of carbonyl (C=O) groups is 1. The lowest BCUT2D eigenvalue weighted by Crippen LogP contribution is -2.51. The Balaban J connectivity index is 1.82. The minimum atomic E-state index is -3.55. The van der Waals surface area contributed by atoms with Gasteiger partial charge >= 0.3 is 0 Å². The van der Waals surface area contributed by atoms with Gasteiger partial charge in [0.15, 0.2) is 0 Å². The molecule has 1 aromatic rings. The number of rotatable bonds is 3. The monoisotopic (exact) mass is 337 g/mol. The highest BCUT2D eigenvalue weighted by atomic mass is 32.2. The number of nitrogens with zero attached hydrogens (tertiary/aromatic N) is 1. The van der Waals surface area contributed by atoms with Gasteiger partial charge in [-0.25, -0.2) is 13.1 Å². The highest BCUT2D eigenvalue weighted by Crippen LogP contribution is 2.30. The standard InChI is InChI=1S/C16H23N3O3S/c1-11-15(4-3-8-17-11)18-23(21,22)14-5-6-16-13(10-14)7-9-19(16)12(2)20/h5-6,10-11,15,17-18H,3-4,7-9H2,1-2H3. The Morgan fingerprint density at radius 2 is 2.17 bits per heavy atom. The molecule has 0 aromatic heterocycles. The van der Waals surface area contributed by atoms with E-state index >= 15 is 0 Å². The van der Waals surface area contributed by atoms with Crippen molar-refractivity contribution in [1.82, 2.24) is 10.0 Å². The minimum Gasteiger partial charge on any atom is -0.313 e. The molecule has 3 rings (SSSR count). The number of piperidine rings is 1. The van der Waals surface area contributed by atoms with Crippen LogP contribution in [0.2, 0.25) is 0 Å². The minimum absolute atomic E-state index is 0.0143. The van der Waals surface area contributed by atoms with Gasteiger partial charge in [-0.1, -0.05) is 0 Å². The highest BCUT2D eigenvalue weighted by Gasteiger charge is 2.28. The maximum absolute atomic E-state index is 12.6. The van der Waals surface area contributed by atoms with Crippen molar-refractivity contribution in [3.05, 3.63) is 23.8 Å². The maximum atomic E-state index is 12.6. The predicted molar refractivity (Wildman–Crippen MR) is 89.0 cm³/mol. The van der Waals surface area contributed by atoms with Crippen molar-refractivity contribution in [2.75, 3.05) is 18.0 Å². The van der Waals surface area contributed by atoms with Crippen LogP contribution in [0, 0.1) is 0 Å². The summed E-state index contributed by atoms with van der Waals surface area (Å²) in [5.41, 5.74) is 1.74. The normalized spacial score (nSPS) is 24.5. The van der Waals surface area contributed by atoms with E-state index < -0.39 is 10.0 Å². The Morgan fingerprint density at radius 3 is 2.87 bits per heavy atom. The summed E-state index contributed by atoms with van der Waals surface area (Å²) in [5.74, 6) is -0.0143. The summed E-state index contributed by atoms with van der Waals surface area (Å²) in [6.07, 6.45) is 2.51. The summed E-state index contributed by atoms with van der Waals surface area (Å²) in [4.78, 5) is 13.5. The average molecular weight is 337 g/mol. The molecule has 2 aliphatic heterocycles. The lowest BCUT2D eigenvalue weighted by atomic mass is 10.0. The molecule has 2 atom stereocenters. The Bertz CT molecular complexity index is 717. The SMILES string of the molecule is CC(=O)N1CCc2cc(S(=O)(=O)NC3CCCNC3C)ccc21. The molecular weight excluding hydrogens is 314 g/mol. The fourth-order valence-electron chi connectivity index (χ4n) is 3.34. The summed E-state index contributed by atoms with van der Waals surface area (Å²) >= 11 is 0. The number of amides is 1. The Hall–Kier alpha value is -1.44. The van der Waals surface area contributed by atoms with Crippen LogP contribution in [0.1, 0.15) is 32.3 Å². The van der Waals surface area contributed by atoms with Crippen molar-refractivity contribution >= 4 is 21.6 Å². The molecule has 7 heteroatoms. The summed E-state index contributed by atoms with van der Waals surface area (Å²) in [5, 5.41) is 3.29. The molecule has 2 heterocycles. The predicted octanol–water partition coefficient (Wildman–Crippen LogP) is 1.01. The van der Waals surface area contributed by atoms with Crippen LogP contribution in [0.3, 0.4) is 0 Å². The van der Waals surface area contributed by atoms with Gasteiger partial charge < -0.3 is 10.2 Å². The van der Waals surface area contributed by atoms with Crippen LogP contribution in [-0.4, -0.2) is 39.5 Å². The van der Waals surface area contributed by atoms with Gasteiger partial charge in [0.2, 0.25) is 15.9 Å². The number of nitrogens with one attached hydrogen (secondary N) is 2. The van der Waals surface area contributed by atoms with E-state index in [1.165, 1.54) is 6.92 Å². The quantitative estimate of drug-likeness (QED) is 0.863. The third kappa shape index (κ3) is 3.27. The highest BCUT2D eigenvalue weighted by molar-refractivity contribution is 7.89. The molecule has 6 nitrogen and oxygen atoms in total. The molecule has 1 amide bonds. The van der Waals surface area contributed by atoms with Crippen molar-refractivity contribution in [3.8, 4) is 0 Å². The van der Waals surface area contributed by atoms with Crippen LogP contribution in [-0.2, 0) is 21.2 Å². The lowest BCUT2D eigenvalue weighted by Gasteiger charge is -2.30. The molecule has 0 spiro atoms. The van der Waals surface area contributed by atoms with Crippen molar-refractivity contribution in [2.24, 2.45) is 0 Å². The van der Waals surface area contributed by atoms with Crippen LogP contribution in [0.4, 0.5) is 5.69 Å². The maximum Gasteiger partial charge on any atom is 0.240 e. The summed E-state index contributed by atoms with van der Waals surface area (Å²) in [7, 11) is -3.55. The first-order valence-electron chi connectivity index (χ1n) is 8.05. The van der Waals surface area contributed by atoms with E-state index in [4.69, 9.17) is 0 Å². The number of hydrogen-bond donors (Lipinski definition) is 2. The number of fused-ring (bicyclic) bond motifs is 1. The van der Waals surface area contributed by atoms with Gasteiger partial charge in [0.1, 0.15) is 0 Å². The van der Waals surface area contributed by atoms with Gasteiger partial charge in [-0.3, -0.25) is 4.79 Å². The second-order valence-corrected chi connectivity index (χ2v) is 8.04. The van der Waals surface area contributed by atoms with Crippen LogP contribution >= 0.6 is 0 Å². The van der Waals surface area contributed by atoms with Gasteiger partial charge in [-0.15, -0.1) is 0 Å². The molecular formula is C16H23N3O3S. The number of anilines is 1. The van der Waals surface area contributed by atoms with Gasteiger partial charge in [-0.05, 0) is 56.5 Å². The third-order valence-electron chi connectivity index (χ3n) is 4.71. The van der Waals surface area contributed by atoms with Crippen molar-refractivity contribution in [2.45, 2.75) is 50.1 Å². The van der Waals surface area contributed by atoms with Gasteiger partial charge in [-0.2, -0.15) is 0 Å². The summed E-state index contributed by atoms with van der Waals surface area (Å²) in [6.45, 7) is 5.07. The van der Waals surface area contributed by atoms with Gasteiger partial charge in [0.25, 0.3) is 0 Å². The first-order chi connectivity index (χ1) is 10.9. The summed E-state index contributed by atoms with van der Waals surface area (Å²) in [6, 6.07) is 5.06. The summed E-state index contributed by atoms with van der Waals surface area (Å²) < 4.78 is 28.1. The lowest BCUT2D eigenvalue weighted by molar-refractivity contribution is -0.116. The van der Waals surface area contributed by atoms with Crippen LogP contribution in [0.15, 0.2) is 23.1 Å². The Morgan fingerprint density at radius 1 is 1.39 bits per heavy atom. The molecule has 0 radical (unpaired) electrons. The molecule has 0 aliphatic carbocycles. The number of benzene rings is 1. The molecule has 1 saturated heterocycles. The number of carbonyl (C=O) groups excluding carboxylic acids is 1. The zero-order chi connectivity index (χ0) is 16.6. The van der Waals surface area contributed by atoms with E-state index in [9.17, 15) is 13.2 Å². The molecule has 0 bridgehead atoms. The number of sulfonamides is 1. The van der Waals surface area contributed by atoms with Gasteiger partial charge in [0, 0.05) is 31.2 Å². The van der Waals surface area contributed by atoms with Crippen LogP contribution in [0.25, 0.3) is 0 Å². The number of hydrogen-bond acceptors (Lipinski definition) is 4. The van der Waals surface area contributed by atoms with Crippen molar-refractivity contribution in [3.63, 3.8) is 0 Å². The first kappa shape index (κ1) is 16.4. The van der Waals surface area contributed by atoms with E-state index in [0.717, 1.165) is 30.6 Å². The first-order valence-corrected chi connectivity index (χ1v) is 9.53. The van der Waals surface area contributed by atoms with E-state index in [1.807, 2.05) is 6.92 Å². The fraction of sp³-hybridized carbons (Fsp3) is 0.562. The van der Waals surface area contributed by atoms with E-state index in [-0.39, 0.29) is 22.9 Å². The van der Waals surface area contributed by atoms with Crippen LogP contribution in [0.5, 0.6) is 0 Å². The van der Waals surface area contributed by atoms with Crippen molar-refractivity contribution < 1.29 is 13.2 Å². The molecule has 0 saturated carbocycles. The van der Waals surface area contributed by atoms with E-state index in [1.54, 1.807) is 23.1 Å². The Kier molecular flexibility index (Phi) is 4.44. The second-order valence-electron chi connectivity index (χ2n) is 6.32. The zero-order valence-electron chi connectivity index (χ0n) is 13.5. The molecule has 1 aromatic carbocycles. The van der Waals surface area contributed by atoms with E-state index in [2.05, 4.69) is 10.0 Å². The Labute approximate surface area is 137 Å². The van der Waals surface area contributed by atoms with E-state index in [0.29, 0.717) is 13.0 Å². The molecule has 2 aliphatic rings. The molecule has 2 N–H and O–H groups in total. The average Bonchev–Trinajstić information content (AvgIpc) is 2.92. The second kappa shape index (κ2) is 6.22. The van der Waals surface area contributed by atoms with Crippen LogP contribution < -0.4 is 14.9 Å². The van der Waals surface area contributed by atoms with Gasteiger partial charge in [0.05, 0.1) is 4.90 Å². The van der Waals surface area contributed by atoms with Crippen molar-refractivity contribution in [1.29, 1.82) is 0 Å². The third-order valence-corrected chi connectivity index (χ3v) is 6.19. The topological polar surface area (TPSA) is 78.5 Å². The fourth-order valence-corrected chi connectivity index (χ4v) is 4.75. The molecule has 2 unspecified atom stereocenters. The largest absolute Gasteiger partial charge is 0.313 e. The smallest absolute Gasteiger partial charge is 0.240 e.